The van der Waals surface area contributed by atoms with Gasteiger partial charge in [0.1, 0.15) is 5.82 Å². The van der Waals surface area contributed by atoms with E-state index in [0.29, 0.717) is 16.7 Å². The van der Waals surface area contributed by atoms with Gasteiger partial charge in [0.15, 0.2) is 10.9 Å². The molecule has 0 saturated heterocycles. The van der Waals surface area contributed by atoms with Crippen LogP contribution >= 0.6 is 23.4 Å². The van der Waals surface area contributed by atoms with Gasteiger partial charge in [-0.2, -0.15) is 0 Å². The molecular formula is C20H17ClN4OS. The van der Waals surface area contributed by atoms with Crippen molar-refractivity contribution in [3.8, 4) is 17.0 Å². The molecule has 0 radical (unpaired) electrons. The van der Waals surface area contributed by atoms with Gasteiger partial charge in [0.05, 0.1) is 11.9 Å². The predicted octanol–water partition coefficient (Wildman–Crippen LogP) is 5.48. The number of rotatable bonds is 5. The summed E-state index contributed by atoms with van der Waals surface area (Å²) >= 11 is 7.48. The van der Waals surface area contributed by atoms with Crippen molar-refractivity contribution in [3.05, 3.63) is 77.0 Å². The Morgan fingerprint density at radius 3 is 2.48 bits per heavy atom. The summed E-state index contributed by atoms with van der Waals surface area (Å²) in [7, 11) is 0. The van der Waals surface area contributed by atoms with E-state index in [2.05, 4.69) is 46.4 Å². The second kappa shape index (κ2) is 7.58. The quantitative estimate of drug-likeness (QED) is 0.418. The monoisotopic (exact) mass is 396 g/mol. The van der Waals surface area contributed by atoms with E-state index in [0.717, 1.165) is 28.0 Å². The summed E-state index contributed by atoms with van der Waals surface area (Å²) < 4.78 is 7.90. The van der Waals surface area contributed by atoms with E-state index >= 15 is 0 Å². The lowest BCUT2D eigenvalue weighted by atomic mass is 10.2. The number of nitrogens with zero attached hydrogens (tertiary/aromatic N) is 4. The molecule has 2 aromatic carbocycles. The highest BCUT2D eigenvalue weighted by atomic mass is 35.5. The zero-order valence-electron chi connectivity index (χ0n) is 14.9. The maximum atomic E-state index is 5.93. The molecular weight excluding hydrogens is 380 g/mol. The van der Waals surface area contributed by atoms with Crippen LogP contribution in [-0.2, 0) is 5.75 Å². The van der Waals surface area contributed by atoms with Crippen LogP contribution in [0.1, 0.15) is 17.3 Å². The molecule has 0 fully saturated rings. The molecule has 0 atom stereocenters. The maximum absolute atomic E-state index is 5.93. The van der Waals surface area contributed by atoms with Gasteiger partial charge in [-0.3, -0.25) is 4.57 Å². The van der Waals surface area contributed by atoms with Crippen molar-refractivity contribution >= 4 is 23.4 Å². The summed E-state index contributed by atoms with van der Waals surface area (Å²) in [6, 6.07) is 15.8. The fourth-order valence-electron chi connectivity index (χ4n) is 2.68. The van der Waals surface area contributed by atoms with E-state index in [-0.39, 0.29) is 0 Å². The molecule has 2 aromatic heterocycles. The van der Waals surface area contributed by atoms with Gasteiger partial charge < -0.3 is 4.42 Å². The van der Waals surface area contributed by atoms with E-state index < -0.39 is 0 Å². The van der Waals surface area contributed by atoms with Crippen molar-refractivity contribution in [3.63, 3.8) is 0 Å². The van der Waals surface area contributed by atoms with Crippen molar-refractivity contribution in [1.82, 2.24) is 19.7 Å². The van der Waals surface area contributed by atoms with Crippen molar-refractivity contribution in [2.24, 2.45) is 0 Å². The second-order valence-electron chi connectivity index (χ2n) is 6.11. The Labute approximate surface area is 166 Å². The minimum atomic E-state index is 0.567. The minimum absolute atomic E-state index is 0.567. The first-order valence-electron chi connectivity index (χ1n) is 8.42. The van der Waals surface area contributed by atoms with E-state index in [4.69, 9.17) is 16.0 Å². The van der Waals surface area contributed by atoms with E-state index in [1.54, 1.807) is 18.0 Å². The highest BCUT2D eigenvalue weighted by Gasteiger charge is 2.14. The van der Waals surface area contributed by atoms with Gasteiger partial charge >= 0.3 is 0 Å². The highest BCUT2D eigenvalue weighted by molar-refractivity contribution is 7.98. The Kier molecular flexibility index (Phi) is 5.01. The molecule has 0 aliphatic carbocycles. The Bertz CT molecular complexity index is 1050. The summed E-state index contributed by atoms with van der Waals surface area (Å²) in [5.41, 5.74) is 3.20. The van der Waals surface area contributed by atoms with Gasteiger partial charge in [0, 0.05) is 16.3 Å². The molecule has 0 unspecified atom stereocenters. The average molecular weight is 397 g/mol. The fourth-order valence-corrected chi connectivity index (χ4v) is 3.66. The zero-order valence-corrected chi connectivity index (χ0v) is 16.5. The molecule has 27 heavy (non-hydrogen) atoms. The number of oxazole rings is 1. The second-order valence-corrected chi connectivity index (χ2v) is 7.49. The fraction of sp³-hybridized carbons (Fsp3) is 0.150. The third-order valence-corrected chi connectivity index (χ3v) is 5.26. The minimum Gasteiger partial charge on any atom is -0.440 e. The van der Waals surface area contributed by atoms with Crippen LogP contribution in [0.15, 0.2) is 64.3 Å². The number of hydrogen-bond acceptors (Lipinski definition) is 5. The molecule has 136 valence electrons. The highest BCUT2D eigenvalue weighted by Crippen LogP contribution is 2.27. The third kappa shape index (κ3) is 3.91. The lowest BCUT2D eigenvalue weighted by molar-refractivity contribution is 0.529. The van der Waals surface area contributed by atoms with Gasteiger partial charge in [0.2, 0.25) is 5.89 Å². The van der Waals surface area contributed by atoms with Gasteiger partial charge in [-0.15, -0.1) is 10.2 Å². The SMILES string of the molecule is Cc1ccc(-n2c(C)nnc2SCc2ncc(-c3ccc(Cl)cc3)o2)cc1. The largest absolute Gasteiger partial charge is 0.440 e. The smallest absolute Gasteiger partial charge is 0.205 e. The first-order valence-corrected chi connectivity index (χ1v) is 9.79. The molecule has 7 heteroatoms. The van der Waals surface area contributed by atoms with Crippen molar-refractivity contribution in [1.29, 1.82) is 0 Å². The van der Waals surface area contributed by atoms with Crippen LogP contribution in [0.4, 0.5) is 0 Å². The first kappa shape index (κ1) is 17.8. The molecule has 2 heterocycles. The third-order valence-electron chi connectivity index (χ3n) is 4.09. The average Bonchev–Trinajstić information content (AvgIpc) is 3.28. The van der Waals surface area contributed by atoms with Gasteiger partial charge in [-0.1, -0.05) is 41.1 Å². The normalized spacial score (nSPS) is 11.1. The van der Waals surface area contributed by atoms with Gasteiger partial charge in [0.25, 0.3) is 0 Å². The van der Waals surface area contributed by atoms with Crippen molar-refractivity contribution < 1.29 is 4.42 Å². The molecule has 5 nitrogen and oxygen atoms in total. The van der Waals surface area contributed by atoms with Crippen LogP contribution < -0.4 is 0 Å². The number of halogens is 1. The van der Waals surface area contributed by atoms with Crippen molar-refractivity contribution in [2.45, 2.75) is 24.8 Å². The summed E-state index contributed by atoms with van der Waals surface area (Å²) in [6.45, 7) is 4.01. The number of benzene rings is 2. The van der Waals surface area contributed by atoms with Crippen LogP contribution in [0.5, 0.6) is 0 Å². The Morgan fingerprint density at radius 2 is 1.74 bits per heavy atom. The van der Waals surface area contributed by atoms with Crippen LogP contribution in [0.3, 0.4) is 0 Å². The van der Waals surface area contributed by atoms with Crippen LogP contribution in [0.2, 0.25) is 5.02 Å². The summed E-state index contributed by atoms with van der Waals surface area (Å²) in [5.74, 6) is 2.77. The van der Waals surface area contributed by atoms with Crippen LogP contribution in [0, 0.1) is 13.8 Å². The molecule has 4 rings (SSSR count). The summed E-state index contributed by atoms with van der Waals surface area (Å²) in [5, 5.41) is 10.0. The molecule has 0 aliphatic rings. The molecule has 0 saturated carbocycles. The zero-order chi connectivity index (χ0) is 18.8. The van der Waals surface area contributed by atoms with E-state index in [1.165, 1.54) is 5.56 Å². The Morgan fingerprint density at radius 1 is 1.00 bits per heavy atom. The van der Waals surface area contributed by atoms with Gasteiger partial charge in [-0.05, 0) is 50.2 Å². The Balaban J connectivity index is 1.51. The Hall–Kier alpha value is -2.57. The molecule has 0 aliphatic heterocycles. The molecule has 0 N–H and O–H groups in total. The number of hydrogen-bond donors (Lipinski definition) is 0. The van der Waals surface area contributed by atoms with Crippen LogP contribution in [0.25, 0.3) is 17.0 Å². The standard InChI is InChI=1S/C20H17ClN4OS/c1-13-3-9-17(10-4-13)25-14(2)23-24-20(25)27-12-19-22-11-18(26-19)15-5-7-16(21)8-6-15/h3-11H,12H2,1-2H3. The lowest BCUT2D eigenvalue weighted by Crippen LogP contribution is -1.99. The lowest BCUT2D eigenvalue weighted by Gasteiger charge is -2.08. The topological polar surface area (TPSA) is 56.7 Å². The number of thioether (sulfide) groups is 1. The number of aromatic nitrogens is 4. The first-order chi connectivity index (χ1) is 13.1. The summed E-state index contributed by atoms with van der Waals surface area (Å²) in [6.07, 6.45) is 1.73. The van der Waals surface area contributed by atoms with Crippen molar-refractivity contribution in [2.75, 3.05) is 0 Å². The van der Waals surface area contributed by atoms with Crippen LogP contribution in [-0.4, -0.2) is 19.7 Å². The maximum Gasteiger partial charge on any atom is 0.205 e. The number of aryl methyl sites for hydroxylation is 2. The van der Waals surface area contributed by atoms with Gasteiger partial charge in [-0.25, -0.2) is 4.98 Å². The summed E-state index contributed by atoms with van der Waals surface area (Å²) in [4.78, 5) is 4.37. The van der Waals surface area contributed by atoms with E-state index in [1.807, 2.05) is 35.8 Å². The molecule has 0 amide bonds. The molecule has 0 spiro atoms. The predicted molar refractivity (Wildman–Crippen MR) is 107 cm³/mol. The van der Waals surface area contributed by atoms with E-state index in [9.17, 15) is 0 Å². The molecule has 0 bridgehead atoms. The molecule has 4 aromatic rings.